The van der Waals surface area contributed by atoms with Crippen LogP contribution < -0.4 is 0 Å². The highest BCUT2D eigenvalue weighted by atomic mass is 16.5. The molecule has 0 radical (unpaired) electrons. The van der Waals surface area contributed by atoms with E-state index in [0.29, 0.717) is 11.4 Å². The third-order valence-corrected chi connectivity index (χ3v) is 1.91. The summed E-state index contributed by atoms with van der Waals surface area (Å²) in [5.41, 5.74) is 1.51. The number of hydrogen-bond acceptors (Lipinski definition) is 4. The van der Waals surface area contributed by atoms with Crippen molar-refractivity contribution in [3.63, 3.8) is 0 Å². The lowest BCUT2D eigenvalue weighted by molar-refractivity contribution is 0.101. The van der Waals surface area contributed by atoms with Gasteiger partial charge in [-0.25, -0.2) is 0 Å². The minimum atomic E-state index is 0.0460. The zero-order chi connectivity index (χ0) is 9.97. The van der Waals surface area contributed by atoms with E-state index in [1.807, 2.05) is 0 Å². The highest BCUT2D eigenvalue weighted by Crippen LogP contribution is 2.14. The van der Waals surface area contributed by atoms with Crippen molar-refractivity contribution in [2.75, 3.05) is 0 Å². The van der Waals surface area contributed by atoms with Crippen molar-refractivity contribution in [3.8, 4) is 11.4 Å². The van der Waals surface area contributed by atoms with Crippen LogP contribution in [0.1, 0.15) is 17.3 Å². The average molecular weight is 188 g/mol. The highest BCUT2D eigenvalue weighted by molar-refractivity contribution is 5.94. The van der Waals surface area contributed by atoms with E-state index in [1.54, 1.807) is 24.3 Å². The summed E-state index contributed by atoms with van der Waals surface area (Å²) in [7, 11) is 0. The van der Waals surface area contributed by atoms with Crippen LogP contribution in [0.2, 0.25) is 0 Å². The van der Waals surface area contributed by atoms with Crippen LogP contribution in [-0.4, -0.2) is 15.9 Å². The average Bonchev–Trinajstić information content (AvgIpc) is 2.71. The van der Waals surface area contributed by atoms with E-state index in [1.165, 1.54) is 13.3 Å². The molecule has 14 heavy (non-hydrogen) atoms. The van der Waals surface area contributed by atoms with Crippen molar-refractivity contribution in [2.45, 2.75) is 6.92 Å². The van der Waals surface area contributed by atoms with Gasteiger partial charge in [-0.3, -0.25) is 4.79 Å². The first-order valence-corrected chi connectivity index (χ1v) is 4.15. The van der Waals surface area contributed by atoms with Crippen molar-refractivity contribution < 1.29 is 9.32 Å². The van der Waals surface area contributed by atoms with Crippen LogP contribution in [0.5, 0.6) is 0 Å². The zero-order valence-corrected chi connectivity index (χ0v) is 7.60. The van der Waals surface area contributed by atoms with E-state index in [2.05, 4.69) is 14.7 Å². The zero-order valence-electron chi connectivity index (χ0n) is 7.60. The molecule has 0 saturated heterocycles. The van der Waals surface area contributed by atoms with Gasteiger partial charge < -0.3 is 4.52 Å². The summed E-state index contributed by atoms with van der Waals surface area (Å²) in [5, 5.41) is 3.69. The number of hydrogen-bond donors (Lipinski definition) is 0. The van der Waals surface area contributed by atoms with Crippen molar-refractivity contribution in [1.29, 1.82) is 0 Å². The van der Waals surface area contributed by atoms with Gasteiger partial charge in [-0.2, -0.15) is 4.98 Å². The van der Waals surface area contributed by atoms with Crippen LogP contribution in [0.4, 0.5) is 0 Å². The lowest BCUT2D eigenvalue weighted by atomic mass is 10.1. The van der Waals surface area contributed by atoms with Crippen LogP contribution in [0.15, 0.2) is 35.2 Å². The topological polar surface area (TPSA) is 56.0 Å². The van der Waals surface area contributed by atoms with Gasteiger partial charge in [-0.15, -0.1) is 0 Å². The fourth-order valence-corrected chi connectivity index (χ4v) is 1.15. The van der Waals surface area contributed by atoms with Crippen LogP contribution in [-0.2, 0) is 0 Å². The number of Topliss-reactive ketones (excluding diaryl/α,β-unsaturated/α-hetero) is 1. The predicted octanol–water partition coefficient (Wildman–Crippen LogP) is 1.94. The molecule has 0 aliphatic carbocycles. The molecule has 2 rings (SSSR count). The molecular formula is C10H8N2O2. The molecule has 0 bridgehead atoms. The van der Waals surface area contributed by atoms with Gasteiger partial charge in [0.25, 0.3) is 0 Å². The third kappa shape index (κ3) is 1.54. The van der Waals surface area contributed by atoms with Gasteiger partial charge in [0.05, 0.1) is 0 Å². The molecular weight excluding hydrogens is 180 g/mol. The molecule has 1 aromatic heterocycles. The van der Waals surface area contributed by atoms with Crippen molar-refractivity contribution in [3.05, 3.63) is 36.2 Å². The lowest BCUT2D eigenvalue weighted by Crippen LogP contribution is -1.91. The second-order valence-electron chi connectivity index (χ2n) is 2.89. The van der Waals surface area contributed by atoms with Gasteiger partial charge >= 0.3 is 0 Å². The maximum Gasteiger partial charge on any atom is 0.214 e. The van der Waals surface area contributed by atoms with E-state index in [0.717, 1.165) is 5.56 Å². The first-order valence-electron chi connectivity index (χ1n) is 4.15. The van der Waals surface area contributed by atoms with E-state index >= 15 is 0 Å². The van der Waals surface area contributed by atoms with Crippen LogP contribution in [0.25, 0.3) is 11.4 Å². The second kappa shape index (κ2) is 3.41. The standard InChI is InChI=1S/C10H8N2O2/c1-7(13)8-2-4-9(5-3-8)10-11-6-14-12-10/h2-6H,1H3. The Morgan fingerprint density at radius 2 is 2.00 bits per heavy atom. The van der Waals surface area contributed by atoms with Crippen LogP contribution in [0, 0.1) is 0 Å². The van der Waals surface area contributed by atoms with Crippen LogP contribution in [0.3, 0.4) is 0 Å². The maximum atomic E-state index is 11.0. The maximum absolute atomic E-state index is 11.0. The molecule has 4 nitrogen and oxygen atoms in total. The molecule has 70 valence electrons. The Labute approximate surface area is 80.6 Å². The quantitative estimate of drug-likeness (QED) is 0.676. The second-order valence-corrected chi connectivity index (χ2v) is 2.89. The summed E-state index contributed by atoms with van der Waals surface area (Å²) < 4.78 is 4.62. The summed E-state index contributed by atoms with van der Waals surface area (Å²) >= 11 is 0. The smallest absolute Gasteiger partial charge is 0.214 e. The van der Waals surface area contributed by atoms with E-state index in [4.69, 9.17) is 0 Å². The van der Waals surface area contributed by atoms with E-state index < -0.39 is 0 Å². The Hall–Kier alpha value is -1.97. The van der Waals surface area contributed by atoms with E-state index in [9.17, 15) is 4.79 Å². The number of aromatic nitrogens is 2. The summed E-state index contributed by atoms with van der Waals surface area (Å²) in [6.45, 7) is 1.53. The third-order valence-electron chi connectivity index (χ3n) is 1.91. The fraction of sp³-hybridized carbons (Fsp3) is 0.100. The monoisotopic (exact) mass is 188 g/mol. The highest BCUT2D eigenvalue weighted by Gasteiger charge is 2.03. The molecule has 0 aliphatic heterocycles. The molecule has 1 aromatic carbocycles. The first kappa shape index (κ1) is 8.62. The predicted molar refractivity (Wildman–Crippen MR) is 49.7 cm³/mol. The number of ketones is 1. The SMILES string of the molecule is CC(=O)c1ccc(-c2ncon2)cc1. The van der Waals surface area contributed by atoms with Crippen molar-refractivity contribution in [1.82, 2.24) is 10.1 Å². The molecule has 0 aliphatic rings. The Morgan fingerprint density at radius 1 is 1.29 bits per heavy atom. The van der Waals surface area contributed by atoms with Crippen molar-refractivity contribution >= 4 is 5.78 Å². The summed E-state index contributed by atoms with van der Waals surface area (Å²) in [6, 6.07) is 7.07. The minimum Gasteiger partial charge on any atom is -0.342 e. The van der Waals surface area contributed by atoms with Gasteiger partial charge in [0.15, 0.2) is 5.78 Å². The molecule has 0 fully saturated rings. The summed E-state index contributed by atoms with van der Waals surface area (Å²) in [6.07, 6.45) is 1.27. The number of carbonyl (C=O) groups is 1. The fourth-order valence-electron chi connectivity index (χ4n) is 1.15. The Balaban J connectivity index is 2.36. The Morgan fingerprint density at radius 3 is 2.50 bits per heavy atom. The van der Waals surface area contributed by atoms with Gasteiger partial charge in [0, 0.05) is 11.1 Å². The number of rotatable bonds is 2. The molecule has 0 saturated carbocycles. The van der Waals surface area contributed by atoms with E-state index in [-0.39, 0.29) is 5.78 Å². The molecule has 1 heterocycles. The first-order chi connectivity index (χ1) is 6.77. The van der Waals surface area contributed by atoms with Gasteiger partial charge in [-0.1, -0.05) is 29.4 Å². The number of nitrogens with zero attached hydrogens (tertiary/aromatic N) is 2. The Kier molecular flexibility index (Phi) is 2.10. The molecule has 0 N–H and O–H groups in total. The van der Waals surface area contributed by atoms with Crippen LogP contribution >= 0.6 is 0 Å². The molecule has 2 aromatic rings. The number of benzene rings is 1. The normalized spacial score (nSPS) is 10.1. The largest absolute Gasteiger partial charge is 0.342 e. The summed E-state index contributed by atoms with van der Waals surface area (Å²) in [5.74, 6) is 0.574. The Bertz CT molecular complexity index is 432. The molecule has 0 amide bonds. The van der Waals surface area contributed by atoms with Gasteiger partial charge in [0.2, 0.25) is 12.2 Å². The minimum absolute atomic E-state index is 0.0460. The van der Waals surface area contributed by atoms with Gasteiger partial charge in [0.1, 0.15) is 0 Å². The molecule has 0 unspecified atom stereocenters. The summed E-state index contributed by atoms with van der Waals surface area (Å²) in [4.78, 5) is 14.9. The molecule has 0 atom stereocenters. The van der Waals surface area contributed by atoms with Gasteiger partial charge in [-0.05, 0) is 6.92 Å². The van der Waals surface area contributed by atoms with Crippen molar-refractivity contribution in [2.24, 2.45) is 0 Å². The number of carbonyl (C=O) groups excluding carboxylic acids is 1. The molecule has 0 spiro atoms. The lowest BCUT2D eigenvalue weighted by Gasteiger charge is -1.96. The molecule has 4 heteroatoms.